The van der Waals surface area contributed by atoms with E-state index in [4.69, 9.17) is 11.5 Å². The number of primary amides is 1. The van der Waals surface area contributed by atoms with Crippen LogP contribution in [0.2, 0.25) is 0 Å². The summed E-state index contributed by atoms with van der Waals surface area (Å²) >= 11 is 0. The van der Waals surface area contributed by atoms with Gasteiger partial charge in [-0.2, -0.15) is 0 Å². The number of amides is 1. The maximum Gasteiger partial charge on any atom is 0.573 e. The molecular weight excluding hydrogens is 273 g/mol. The Hall–Kier alpha value is -1.76. The summed E-state index contributed by atoms with van der Waals surface area (Å²) in [5.41, 5.74) is 11.0. The highest BCUT2D eigenvalue weighted by Crippen LogP contribution is 2.30. The Labute approximate surface area is 114 Å². The van der Waals surface area contributed by atoms with E-state index >= 15 is 0 Å². The van der Waals surface area contributed by atoms with Gasteiger partial charge in [-0.15, -0.1) is 13.2 Å². The van der Waals surface area contributed by atoms with E-state index in [-0.39, 0.29) is 5.75 Å². The molecule has 0 aliphatic heterocycles. The maximum atomic E-state index is 12.0. The van der Waals surface area contributed by atoms with Crippen LogP contribution in [-0.4, -0.2) is 12.3 Å². The highest BCUT2D eigenvalue weighted by Gasteiger charge is 2.31. The monoisotopic (exact) mass is 290 g/mol. The highest BCUT2D eigenvalue weighted by molar-refractivity contribution is 5.79. The van der Waals surface area contributed by atoms with Gasteiger partial charge in [0.15, 0.2) is 0 Å². The van der Waals surface area contributed by atoms with Gasteiger partial charge in [-0.1, -0.05) is 26.0 Å². The molecule has 0 spiro atoms. The fourth-order valence-corrected chi connectivity index (χ4v) is 1.68. The van der Waals surface area contributed by atoms with Crippen molar-refractivity contribution in [1.82, 2.24) is 0 Å². The summed E-state index contributed by atoms with van der Waals surface area (Å²) in [6.07, 6.45) is -4.43. The third-order valence-electron chi connectivity index (χ3n) is 2.94. The van der Waals surface area contributed by atoms with Crippen LogP contribution in [0.15, 0.2) is 24.3 Å². The second-order valence-corrected chi connectivity index (χ2v) is 5.18. The molecule has 0 saturated heterocycles. The van der Waals surface area contributed by atoms with Crippen molar-refractivity contribution in [3.8, 4) is 5.75 Å². The minimum atomic E-state index is -4.72. The summed E-state index contributed by atoms with van der Waals surface area (Å²) < 4.78 is 39.8. The quantitative estimate of drug-likeness (QED) is 0.874. The lowest BCUT2D eigenvalue weighted by Gasteiger charge is -2.24. The van der Waals surface area contributed by atoms with E-state index in [0.29, 0.717) is 12.0 Å². The summed E-state index contributed by atoms with van der Waals surface area (Å²) in [5.74, 6) is -0.799. The third kappa shape index (κ3) is 4.73. The Kier molecular flexibility index (Phi) is 4.65. The van der Waals surface area contributed by atoms with Gasteiger partial charge in [0, 0.05) is 11.5 Å². The normalized spacial score (nSPS) is 13.9. The molecule has 1 unspecified atom stereocenters. The van der Waals surface area contributed by atoms with Crippen molar-refractivity contribution in [2.45, 2.75) is 32.7 Å². The van der Waals surface area contributed by atoms with Gasteiger partial charge in [0.2, 0.25) is 5.91 Å². The molecule has 0 aromatic heterocycles. The average Bonchev–Trinajstić information content (AvgIpc) is 2.26. The van der Waals surface area contributed by atoms with E-state index in [2.05, 4.69) is 4.74 Å². The largest absolute Gasteiger partial charge is 0.573 e. The summed E-state index contributed by atoms with van der Waals surface area (Å²) in [6, 6.07) is 4.73. The van der Waals surface area contributed by atoms with Crippen LogP contribution in [0.4, 0.5) is 13.2 Å². The van der Waals surface area contributed by atoms with Gasteiger partial charge in [-0.05, 0) is 24.1 Å². The topological polar surface area (TPSA) is 78.3 Å². The maximum absolute atomic E-state index is 12.0. The highest BCUT2D eigenvalue weighted by atomic mass is 19.4. The lowest BCUT2D eigenvalue weighted by Crippen LogP contribution is -2.34. The van der Waals surface area contributed by atoms with Crippen LogP contribution in [0.1, 0.15) is 31.9 Å². The number of benzene rings is 1. The number of halogens is 3. The third-order valence-corrected chi connectivity index (χ3v) is 2.94. The molecule has 1 aromatic carbocycles. The summed E-state index contributed by atoms with van der Waals surface area (Å²) in [7, 11) is 0. The Bertz CT molecular complexity index is 469. The molecule has 0 aliphatic rings. The molecule has 1 amide bonds. The van der Waals surface area contributed by atoms with Crippen LogP contribution in [0, 0.1) is 5.41 Å². The summed E-state index contributed by atoms with van der Waals surface area (Å²) in [5, 5.41) is 0. The molecule has 1 aromatic rings. The van der Waals surface area contributed by atoms with Gasteiger partial charge in [-0.3, -0.25) is 4.79 Å². The van der Waals surface area contributed by atoms with Crippen LogP contribution < -0.4 is 16.2 Å². The smallest absolute Gasteiger partial charge is 0.406 e. The zero-order valence-corrected chi connectivity index (χ0v) is 11.2. The van der Waals surface area contributed by atoms with Gasteiger partial charge in [0.05, 0.1) is 0 Å². The molecule has 0 aliphatic carbocycles. The van der Waals surface area contributed by atoms with E-state index in [9.17, 15) is 18.0 Å². The molecule has 1 rings (SSSR count). The van der Waals surface area contributed by atoms with Gasteiger partial charge in [0.1, 0.15) is 5.75 Å². The number of carbonyl (C=O) groups excluding carboxylic acids is 1. The first-order chi connectivity index (χ1) is 9.01. The number of carbonyl (C=O) groups is 1. The van der Waals surface area contributed by atoms with Crippen molar-refractivity contribution in [2.24, 2.45) is 16.9 Å². The van der Waals surface area contributed by atoms with Crippen molar-refractivity contribution < 1.29 is 22.7 Å². The van der Waals surface area contributed by atoms with Crippen LogP contribution in [0.5, 0.6) is 5.75 Å². The van der Waals surface area contributed by atoms with Gasteiger partial charge >= 0.3 is 6.36 Å². The van der Waals surface area contributed by atoms with Crippen LogP contribution in [-0.2, 0) is 4.79 Å². The second-order valence-electron chi connectivity index (χ2n) is 5.18. The number of alkyl halides is 3. The van der Waals surface area contributed by atoms with Crippen LogP contribution in [0.3, 0.4) is 0 Å². The molecule has 1 atom stereocenters. The number of rotatable bonds is 5. The van der Waals surface area contributed by atoms with E-state index in [1.165, 1.54) is 24.3 Å². The van der Waals surface area contributed by atoms with Crippen molar-refractivity contribution in [3.63, 3.8) is 0 Å². The lowest BCUT2D eigenvalue weighted by molar-refractivity contribution is -0.274. The fourth-order valence-electron chi connectivity index (χ4n) is 1.68. The molecular formula is C13H17F3N2O2. The molecule has 0 heterocycles. The molecule has 112 valence electrons. The second kappa shape index (κ2) is 5.70. The van der Waals surface area contributed by atoms with Gasteiger partial charge in [-0.25, -0.2) is 0 Å². The van der Waals surface area contributed by atoms with Crippen molar-refractivity contribution in [3.05, 3.63) is 29.8 Å². The van der Waals surface area contributed by atoms with E-state index < -0.39 is 23.7 Å². The predicted molar refractivity (Wildman–Crippen MR) is 67.6 cm³/mol. The first-order valence-corrected chi connectivity index (χ1v) is 5.92. The molecule has 0 fully saturated rings. The minimum Gasteiger partial charge on any atom is -0.406 e. The number of nitrogens with two attached hydrogens (primary N) is 2. The molecule has 0 radical (unpaired) electrons. The van der Waals surface area contributed by atoms with Gasteiger partial charge < -0.3 is 16.2 Å². The van der Waals surface area contributed by atoms with Crippen LogP contribution in [0.25, 0.3) is 0 Å². The minimum absolute atomic E-state index is 0.293. The predicted octanol–water partition coefficient (Wildman–Crippen LogP) is 2.49. The van der Waals surface area contributed by atoms with Crippen molar-refractivity contribution in [2.75, 3.05) is 0 Å². The standard InChI is InChI=1S/C13H17F3N2O2/c1-12(2,11(18)19)7-10(17)8-3-5-9(6-4-8)20-13(14,15)16/h3-6,10H,7,17H2,1-2H3,(H2,18,19). The van der Waals surface area contributed by atoms with E-state index in [1.807, 2.05) is 0 Å². The molecule has 4 nitrogen and oxygen atoms in total. The first kappa shape index (κ1) is 16.3. The summed E-state index contributed by atoms with van der Waals surface area (Å²) in [6.45, 7) is 3.33. The van der Waals surface area contributed by atoms with Crippen molar-refractivity contribution in [1.29, 1.82) is 0 Å². The first-order valence-electron chi connectivity index (χ1n) is 5.92. The Morgan fingerprint density at radius 1 is 1.25 bits per heavy atom. The van der Waals surface area contributed by atoms with Gasteiger partial charge in [0.25, 0.3) is 0 Å². The Morgan fingerprint density at radius 3 is 2.15 bits per heavy atom. The zero-order valence-electron chi connectivity index (χ0n) is 11.2. The number of hydrogen-bond acceptors (Lipinski definition) is 3. The Balaban J connectivity index is 2.76. The summed E-state index contributed by atoms with van der Waals surface area (Å²) in [4.78, 5) is 11.2. The van der Waals surface area contributed by atoms with Crippen molar-refractivity contribution >= 4 is 5.91 Å². The molecule has 0 saturated carbocycles. The lowest BCUT2D eigenvalue weighted by atomic mass is 9.83. The average molecular weight is 290 g/mol. The Morgan fingerprint density at radius 2 is 1.75 bits per heavy atom. The van der Waals surface area contributed by atoms with E-state index in [0.717, 1.165) is 0 Å². The molecule has 4 N–H and O–H groups in total. The SMILES string of the molecule is CC(C)(CC(N)c1ccc(OC(F)(F)F)cc1)C(N)=O. The number of hydrogen-bond donors (Lipinski definition) is 2. The zero-order chi connectivity index (χ0) is 15.6. The number of ether oxygens (including phenoxy) is 1. The molecule has 20 heavy (non-hydrogen) atoms. The van der Waals surface area contributed by atoms with E-state index in [1.54, 1.807) is 13.8 Å². The molecule has 0 bridgehead atoms. The van der Waals surface area contributed by atoms with Crippen LogP contribution >= 0.6 is 0 Å². The molecule has 7 heteroatoms. The fraction of sp³-hybridized carbons (Fsp3) is 0.462.